The lowest BCUT2D eigenvalue weighted by atomic mass is 10.1. The van der Waals surface area contributed by atoms with E-state index in [1.165, 1.54) is 12.3 Å². The number of aliphatic hydroxyl groups excluding tert-OH is 3. The molecule has 1 aromatic heterocycles. The number of nitrogens with zero attached hydrogens (tertiary/aromatic N) is 2. The van der Waals surface area contributed by atoms with Gasteiger partial charge < -0.3 is 25.8 Å². The number of nitrogens with two attached hydrogens (primary N) is 1. The Bertz CT molecular complexity index is 493. The minimum Gasteiger partial charge on any atom is -0.387 e. The Hall–Kier alpha value is -1.55. The fourth-order valence-electron chi connectivity index (χ4n) is 1.76. The lowest BCUT2D eigenvalue weighted by molar-refractivity contribution is -0.131. The predicted molar refractivity (Wildman–Crippen MR) is 55.9 cm³/mol. The number of hydrogen-bond donors (Lipinski definition) is 4. The molecule has 1 aromatic rings. The van der Waals surface area contributed by atoms with Gasteiger partial charge in [-0.25, -0.2) is 9.18 Å². The minimum atomic E-state index is -2.47. The highest BCUT2D eigenvalue weighted by Crippen LogP contribution is 2.30. The molecular formula is C9H12FN3O5. The van der Waals surface area contributed by atoms with Gasteiger partial charge in [-0.1, -0.05) is 0 Å². The van der Waals surface area contributed by atoms with E-state index in [1.807, 2.05) is 0 Å². The third kappa shape index (κ3) is 2.08. The van der Waals surface area contributed by atoms with E-state index in [4.69, 9.17) is 15.6 Å². The Morgan fingerprint density at radius 2 is 2.17 bits per heavy atom. The highest BCUT2D eigenvalue weighted by Gasteiger charge is 2.47. The van der Waals surface area contributed by atoms with Crippen molar-refractivity contribution in [3.05, 3.63) is 22.7 Å². The zero-order valence-electron chi connectivity index (χ0n) is 9.05. The molecule has 5 atom stereocenters. The van der Waals surface area contributed by atoms with Crippen LogP contribution in [0.3, 0.4) is 0 Å². The van der Waals surface area contributed by atoms with E-state index < -0.39 is 36.6 Å². The van der Waals surface area contributed by atoms with Gasteiger partial charge in [0.2, 0.25) is 6.36 Å². The van der Waals surface area contributed by atoms with Gasteiger partial charge in [0.15, 0.2) is 6.23 Å². The summed E-state index contributed by atoms with van der Waals surface area (Å²) >= 11 is 0. The topological polar surface area (TPSA) is 131 Å². The summed E-state index contributed by atoms with van der Waals surface area (Å²) in [6.07, 6.45) is -7.47. The molecule has 1 fully saturated rings. The number of halogens is 1. The van der Waals surface area contributed by atoms with Crippen LogP contribution in [0.25, 0.3) is 0 Å². The Kier molecular flexibility index (Phi) is 3.30. The fraction of sp³-hybridized carbons (Fsp3) is 0.556. The van der Waals surface area contributed by atoms with Crippen molar-refractivity contribution in [2.24, 2.45) is 0 Å². The molecule has 1 aliphatic heterocycles. The molecule has 0 radical (unpaired) electrons. The molecule has 0 aliphatic carbocycles. The van der Waals surface area contributed by atoms with E-state index in [-0.39, 0.29) is 5.82 Å². The third-order valence-corrected chi connectivity index (χ3v) is 2.67. The van der Waals surface area contributed by atoms with Gasteiger partial charge in [0.05, 0.1) is 0 Å². The van der Waals surface area contributed by atoms with Crippen molar-refractivity contribution in [3.8, 4) is 0 Å². The minimum absolute atomic E-state index is 0.0219. The molecule has 0 aromatic carbocycles. The Morgan fingerprint density at radius 3 is 2.67 bits per heavy atom. The number of alkyl halides is 1. The molecule has 0 bridgehead atoms. The maximum atomic E-state index is 12.7. The molecule has 0 amide bonds. The van der Waals surface area contributed by atoms with Crippen molar-refractivity contribution >= 4 is 5.82 Å². The first-order valence-electron chi connectivity index (χ1n) is 5.10. The van der Waals surface area contributed by atoms with Crippen LogP contribution in [0, 0.1) is 0 Å². The summed E-state index contributed by atoms with van der Waals surface area (Å²) in [5, 5.41) is 27.9. The third-order valence-electron chi connectivity index (χ3n) is 2.67. The summed E-state index contributed by atoms with van der Waals surface area (Å²) in [4.78, 5) is 14.9. The summed E-state index contributed by atoms with van der Waals surface area (Å²) in [6, 6.07) is 1.28. The highest BCUT2D eigenvalue weighted by molar-refractivity contribution is 5.23. The molecule has 9 heteroatoms. The van der Waals surface area contributed by atoms with E-state index in [0.29, 0.717) is 0 Å². The van der Waals surface area contributed by atoms with E-state index in [1.54, 1.807) is 0 Å². The van der Waals surface area contributed by atoms with Gasteiger partial charge in [-0.3, -0.25) is 4.57 Å². The Morgan fingerprint density at radius 1 is 1.50 bits per heavy atom. The lowest BCUT2D eigenvalue weighted by Crippen LogP contribution is -2.37. The van der Waals surface area contributed by atoms with Crippen LogP contribution in [0.4, 0.5) is 10.2 Å². The number of rotatable bonds is 2. The van der Waals surface area contributed by atoms with Gasteiger partial charge in [0.1, 0.15) is 24.1 Å². The summed E-state index contributed by atoms with van der Waals surface area (Å²) in [6.45, 7) is 0. The molecule has 1 aliphatic rings. The summed E-state index contributed by atoms with van der Waals surface area (Å²) in [5.74, 6) is -0.0219. The second-order valence-corrected chi connectivity index (χ2v) is 3.89. The van der Waals surface area contributed by atoms with Crippen molar-refractivity contribution in [1.29, 1.82) is 0 Å². The van der Waals surface area contributed by atoms with E-state index >= 15 is 0 Å². The molecule has 0 spiro atoms. The van der Waals surface area contributed by atoms with E-state index in [2.05, 4.69) is 4.98 Å². The van der Waals surface area contributed by atoms with Crippen LogP contribution in [-0.4, -0.2) is 49.5 Å². The molecule has 5 N–H and O–H groups in total. The molecule has 2 heterocycles. The molecule has 8 nitrogen and oxygen atoms in total. The van der Waals surface area contributed by atoms with E-state index in [9.17, 15) is 19.4 Å². The highest BCUT2D eigenvalue weighted by atomic mass is 19.1. The standard InChI is InChI=1S/C9H12FN3O5/c10-7(16)6-4(14)5(15)8(18-6)13-2-1-3(11)12-9(13)17/h1-2,4-8,14-16H,(H2,11,12,17)/t4-,5+,6-,7?,8+/m0/s1. The predicted octanol–water partition coefficient (Wildman–Crippen LogP) is -2.27. The maximum absolute atomic E-state index is 12.7. The number of hydrogen-bond acceptors (Lipinski definition) is 7. The second-order valence-electron chi connectivity index (χ2n) is 3.89. The van der Waals surface area contributed by atoms with Gasteiger partial charge in [-0.2, -0.15) is 4.98 Å². The van der Waals surface area contributed by atoms with Crippen molar-refractivity contribution in [1.82, 2.24) is 9.55 Å². The van der Waals surface area contributed by atoms with Crippen LogP contribution in [0.1, 0.15) is 6.23 Å². The normalized spacial score (nSPS) is 33.6. The largest absolute Gasteiger partial charge is 0.387 e. The summed E-state index contributed by atoms with van der Waals surface area (Å²) in [7, 11) is 0. The Balaban J connectivity index is 2.32. The quantitative estimate of drug-likeness (QED) is 0.472. The zero-order chi connectivity index (χ0) is 13.4. The fourth-order valence-corrected chi connectivity index (χ4v) is 1.76. The van der Waals surface area contributed by atoms with Gasteiger partial charge in [0, 0.05) is 6.20 Å². The first kappa shape index (κ1) is 12.9. The number of anilines is 1. The lowest BCUT2D eigenvalue weighted by Gasteiger charge is -2.16. The number of aliphatic hydroxyl groups is 3. The number of ether oxygens (including phenoxy) is 1. The monoisotopic (exact) mass is 261 g/mol. The SMILES string of the molecule is Nc1ccn([C@@H]2O[C@H](C(O)F)[C@@H](O)[C@H]2O)c(=O)n1. The average molecular weight is 261 g/mol. The van der Waals surface area contributed by atoms with Crippen molar-refractivity contribution in [2.45, 2.75) is 30.9 Å². The van der Waals surface area contributed by atoms with Crippen molar-refractivity contribution in [2.75, 3.05) is 5.73 Å². The van der Waals surface area contributed by atoms with Crippen LogP contribution < -0.4 is 11.4 Å². The van der Waals surface area contributed by atoms with E-state index in [0.717, 1.165) is 4.57 Å². The molecule has 1 saturated heterocycles. The van der Waals surface area contributed by atoms with Crippen molar-refractivity contribution in [3.63, 3.8) is 0 Å². The first-order valence-corrected chi connectivity index (χ1v) is 5.10. The number of nitrogen functional groups attached to an aromatic ring is 1. The second kappa shape index (κ2) is 4.61. The van der Waals surface area contributed by atoms with Crippen molar-refractivity contribution < 1.29 is 24.4 Å². The van der Waals surface area contributed by atoms with Gasteiger partial charge in [-0.15, -0.1) is 0 Å². The molecule has 0 saturated carbocycles. The molecule has 2 rings (SSSR count). The maximum Gasteiger partial charge on any atom is 0.351 e. The van der Waals surface area contributed by atoms with Gasteiger partial charge in [0.25, 0.3) is 0 Å². The van der Waals surface area contributed by atoms with Crippen LogP contribution in [0.5, 0.6) is 0 Å². The van der Waals surface area contributed by atoms with Crippen LogP contribution >= 0.6 is 0 Å². The van der Waals surface area contributed by atoms with Gasteiger partial charge >= 0.3 is 5.69 Å². The first-order chi connectivity index (χ1) is 8.41. The summed E-state index contributed by atoms with van der Waals surface area (Å²) < 4.78 is 18.5. The smallest absolute Gasteiger partial charge is 0.351 e. The van der Waals surface area contributed by atoms with Crippen LogP contribution in [0.2, 0.25) is 0 Å². The average Bonchev–Trinajstić information content (AvgIpc) is 2.57. The molecule has 18 heavy (non-hydrogen) atoms. The summed E-state index contributed by atoms with van der Waals surface area (Å²) in [5.41, 5.74) is 4.47. The molecule has 100 valence electrons. The molecular weight excluding hydrogens is 249 g/mol. The van der Waals surface area contributed by atoms with Crippen LogP contribution in [-0.2, 0) is 4.74 Å². The number of aromatic nitrogens is 2. The zero-order valence-corrected chi connectivity index (χ0v) is 9.05. The Labute approximate surface area is 100 Å². The van der Waals surface area contributed by atoms with Crippen LogP contribution in [0.15, 0.2) is 17.1 Å². The van der Waals surface area contributed by atoms with Gasteiger partial charge in [-0.05, 0) is 6.07 Å². The molecule has 1 unspecified atom stereocenters.